The molecule has 2 aliphatic rings. The maximum Gasteiger partial charge on any atom is 0.196 e. The highest BCUT2D eigenvalue weighted by molar-refractivity contribution is 6.18. The molecule has 1 saturated heterocycles. The van der Waals surface area contributed by atoms with Crippen molar-refractivity contribution in [3.8, 4) is 5.75 Å². The van der Waals surface area contributed by atoms with Crippen LogP contribution < -0.4 is 0 Å². The van der Waals surface area contributed by atoms with E-state index in [1.54, 1.807) is 13.8 Å². The Morgan fingerprint density at radius 3 is 2.65 bits per heavy atom. The topological polar surface area (TPSA) is 83.8 Å². The predicted octanol–water partition coefficient (Wildman–Crippen LogP) is 1.32. The molecule has 0 radical (unpaired) electrons. The van der Waals surface area contributed by atoms with Gasteiger partial charge >= 0.3 is 0 Å². The van der Waals surface area contributed by atoms with Crippen LogP contribution in [0, 0.1) is 5.92 Å². The number of benzene rings is 1. The highest BCUT2D eigenvalue weighted by Crippen LogP contribution is 2.41. The minimum Gasteiger partial charge on any atom is -0.507 e. The fourth-order valence-electron chi connectivity index (χ4n) is 3.15. The molecule has 1 heterocycles. The van der Waals surface area contributed by atoms with Crippen LogP contribution in [0.4, 0.5) is 0 Å². The van der Waals surface area contributed by atoms with Crippen molar-refractivity contribution in [3.63, 3.8) is 0 Å². The van der Waals surface area contributed by atoms with E-state index < -0.39 is 29.5 Å². The number of aliphatic hydroxyl groups excluding tert-OH is 1. The first-order valence-corrected chi connectivity index (χ1v) is 6.58. The molecule has 3 rings (SSSR count). The fourth-order valence-corrected chi connectivity index (χ4v) is 3.15. The number of aliphatic hydroxyl groups is 1. The minimum absolute atomic E-state index is 0.00338. The Labute approximate surface area is 116 Å². The highest BCUT2D eigenvalue weighted by atomic mass is 16.5. The first-order chi connectivity index (χ1) is 9.32. The molecular formula is C15H16O5. The van der Waals surface area contributed by atoms with E-state index in [4.69, 9.17) is 4.74 Å². The molecule has 1 aliphatic heterocycles. The number of aromatic hydroxyl groups is 1. The molecule has 3 atom stereocenters. The van der Waals surface area contributed by atoms with Gasteiger partial charge in [-0.25, -0.2) is 0 Å². The number of phenols is 1. The lowest BCUT2D eigenvalue weighted by atomic mass is 9.72. The van der Waals surface area contributed by atoms with Gasteiger partial charge in [-0.1, -0.05) is 12.1 Å². The van der Waals surface area contributed by atoms with Gasteiger partial charge in [0.05, 0.1) is 23.2 Å². The molecule has 0 bridgehead atoms. The van der Waals surface area contributed by atoms with E-state index in [-0.39, 0.29) is 22.7 Å². The van der Waals surface area contributed by atoms with Gasteiger partial charge in [0.1, 0.15) is 11.9 Å². The van der Waals surface area contributed by atoms with E-state index >= 15 is 0 Å². The molecule has 0 aromatic heterocycles. The number of hydrogen-bond donors (Lipinski definition) is 2. The Morgan fingerprint density at radius 2 is 1.95 bits per heavy atom. The monoisotopic (exact) mass is 276 g/mol. The van der Waals surface area contributed by atoms with Crippen molar-refractivity contribution >= 4 is 11.6 Å². The van der Waals surface area contributed by atoms with Crippen molar-refractivity contribution in [2.45, 2.75) is 38.1 Å². The normalized spacial score (nSPS) is 31.6. The van der Waals surface area contributed by atoms with Crippen LogP contribution in [0.25, 0.3) is 0 Å². The zero-order valence-corrected chi connectivity index (χ0v) is 11.3. The number of hydrogen-bond acceptors (Lipinski definition) is 5. The molecule has 1 aliphatic carbocycles. The van der Waals surface area contributed by atoms with Crippen LogP contribution in [-0.2, 0) is 4.74 Å². The van der Waals surface area contributed by atoms with Gasteiger partial charge in [-0.05, 0) is 19.9 Å². The molecule has 5 nitrogen and oxygen atoms in total. The molecular weight excluding hydrogens is 260 g/mol. The molecule has 0 spiro atoms. The molecule has 0 amide bonds. The van der Waals surface area contributed by atoms with Crippen LogP contribution in [-0.4, -0.2) is 39.6 Å². The Kier molecular flexibility index (Phi) is 2.74. The Bertz CT molecular complexity index is 604. The molecule has 1 fully saturated rings. The van der Waals surface area contributed by atoms with Gasteiger partial charge in [0.15, 0.2) is 11.6 Å². The van der Waals surface area contributed by atoms with E-state index in [2.05, 4.69) is 0 Å². The Morgan fingerprint density at radius 1 is 1.25 bits per heavy atom. The van der Waals surface area contributed by atoms with Crippen LogP contribution in [0.2, 0.25) is 0 Å². The third-order valence-corrected chi connectivity index (χ3v) is 4.00. The maximum absolute atomic E-state index is 12.5. The number of ether oxygens (including phenoxy) is 1. The summed E-state index contributed by atoms with van der Waals surface area (Å²) in [6, 6.07) is 4.38. The summed E-state index contributed by atoms with van der Waals surface area (Å²) < 4.78 is 5.70. The molecule has 106 valence electrons. The highest BCUT2D eigenvalue weighted by Gasteiger charge is 2.52. The largest absolute Gasteiger partial charge is 0.507 e. The standard InChI is InChI=1S/C15H16O5/c1-15(2)6-9(17)11-12(18)7-4-3-5-8(16)10(7)13(19)14(11)20-15/h3-5,9,11,14,16-17H,6H2,1-2H3. The van der Waals surface area contributed by atoms with E-state index in [0.717, 1.165) is 0 Å². The fraction of sp³-hybridized carbons (Fsp3) is 0.467. The Balaban J connectivity index is 2.15. The van der Waals surface area contributed by atoms with Crippen molar-refractivity contribution in [2.24, 2.45) is 5.92 Å². The molecule has 1 aromatic carbocycles. The summed E-state index contributed by atoms with van der Waals surface area (Å²) in [5.74, 6) is -1.89. The zero-order valence-electron chi connectivity index (χ0n) is 11.3. The lowest BCUT2D eigenvalue weighted by Crippen LogP contribution is -2.57. The van der Waals surface area contributed by atoms with Crippen molar-refractivity contribution < 1.29 is 24.5 Å². The van der Waals surface area contributed by atoms with Crippen molar-refractivity contribution in [1.29, 1.82) is 0 Å². The lowest BCUT2D eigenvalue weighted by molar-refractivity contribution is -0.149. The smallest absolute Gasteiger partial charge is 0.196 e. The van der Waals surface area contributed by atoms with E-state index in [0.29, 0.717) is 6.42 Å². The SMILES string of the molecule is CC1(C)CC(O)C2C(=O)c3cccc(O)c3C(=O)C2O1. The van der Waals surface area contributed by atoms with Crippen LogP contribution in [0.5, 0.6) is 5.75 Å². The van der Waals surface area contributed by atoms with E-state index in [9.17, 15) is 19.8 Å². The summed E-state index contributed by atoms with van der Waals surface area (Å²) in [5.41, 5.74) is -0.513. The number of carbonyl (C=O) groups excluding carboxylic acids is 2. The summed E-state index contributed by atoms with van der Waals surface area (Å²) in [4.78, 5) is 25.0. The molecule has 5 heteroatoms. The molecule has 0 saturated carbocycles. The predicted molar refractivity (Wildman–Crippen MR) is 69.8 cm³/mol. The summed E-state index contributed by atoms with van der Waals surface area (Å²) in [5, 5.41) is 20.0. The average molecular weight is 276 g/mol. The first-order valence-electron chi connectivity index (χ1n) is 6.58. The van der Waals surface area contributed by atoms with Crippen molar-refractivity contribution in [3.05, 3.63) is 29.3 Å². The van der Waals surface area contributed by atoms with Crippen LogP contribution in [0.3, 0.4) is 0 Å². The molecule has 20 heavy (non-hydrogen) atoms. The second-order valence-electron chi connectivity index (χ2n) is 6.02. The summed E-state index contributed by atoms with van der Waals surface area (Å²) >= 11 is 0. The maximum atomic E-state index is 12.5. The van der Waals surface area contributed by atoms with E-state index in [1.807, 2.05) is 0 Å². The molecule has 2 N–H and O–H groups in total. The van der Waals surface area contributed by atoms with Gasteiger partial charge in [-0.3, -0.25) is 9.59 Å². The Hall–Kier alpha value is -1.72. The number of carbonyl (C=O) groups is 2. The van der Waals surface area contributed by atoms with Gasteiger partial charge in [-0.15, -0.1) is 0 Å². The van der Waals surface area contributed by atoms with Crippen molar-refractivity contribution in [1.82, 2.24) is 0 Å². The minimum atomic E-state index is -1.03. The number of ketones is 2. The zero-order chi connectivity index (χ0) is 14.7. The number of phenolic OH excluding ortho intramolecular Hbond substituents is 1. The van der Waals surface area contributed by atoms with Gasteiger partial charge in [0, 0.05) is 12.0 Å². The number of fused-ring (bicyclic) bond motifs is 2. The van der Waals surface area contributed by atoms with Crippen LogP contribution >= 0.6 is 0 Å². The third-order valence-electron chi connectivity index (χ3n) is 4.00. The van der Waals surface area contributed by atoms with Gasteiger partial charge < -0.3 is 14.9 Å². The second-order valence-corrected chi connectivity index (χ2v) is 6.02. The summed E-state index contributed by atoms with van der Waals surface area (Å²) in [6.45, 7) is 3.54. The first kappa shape index (κ1) is 13.3. The lowest BCUT2D eigenvalue weighted by Gasteiger charge is -2.44. The van der Waals surface area contributed by atoms with Gasteiger partial charge in [-0.2, -0.15) is 0 Å². The van der Waals surface area contributed by atoms with Crippen molar-refractivity contribution in [2.75, 3.05) is 0 Å². The van der Waals surface area contributed by atoms with Gasteiger partial charge in [0.2, 0.25) is 0 Å². The molecule has 3 unspecified atom stereocenters. The average Bonchev–Trinajstić information content (AvgIpc) is 2.33. The number of rotatable bonds is 0. The third kappa shape index (κ3) is 1.77. The van der Waals surface area contributed by atoms with Crippen LogP contribution in [0.1, 0.15) is 41.0 Å². The van der Waals surface area contributed by atoms with E-state index in [1.165, 1.54) is 18.2 Å². The second kappa shape index (κ2) is 4.14. The summed E-state index contributed by atoms with van der Waals surface area (Å²) in [7, 11) is 0. The number of Topliss-reactive ketones (excluding diaryl/α,β-unsaturated/α-hetero) is 2. The van der Waals surface area contributed by atoms with Gasteiger partial charge in [0.25, 0.3) is 0 Å². The van der Waals surface area contributed by atoms with Crippen LogP contribution in [0.15, 0.2) is 18.2 Å². The summed E-state index contributed by atoms with van der Waals surface area (Å²) in [6.07, 6.45) is -1.65. The quantitative estimate of drug-likeness (QED) is 0.746. The molecule has 1 aromatic rings.